The van der Waals surface area contributed by atoms with Crippen molar-refractivity contribution in [2.45, 2.75) is 19.1 Å². The van der Waals surface area contributed by atoms with Gasteiger partial charge in [-0.2, -0.15) is 0 Å². The zero-order chi connectivity index (χ0) is 15.6. The normalized spacial score (nSPS) is 22.1. The number of aliphatic hydroxyl groups excluding tert-OH is 1. The highest BCUT2D eigenvalue weighted by Gasteiger charge is 2.30. The number of hydrogen-bond donors (Lipinski definition) is 2. The summed E-state index contributed by atoms with van der Waals surface area (Å²) < 4.78 is 5.35. The molecular weight excluding hydrogens is 280 g/mol. The number of nitrogens with zero attached hydrogens (tertiary/aromatic N) is 2. The minimum Gasteiger partial charge on any atom is -0.502 e. The summed E-state index contributed by atoms with van der Waals surface area (Å²) in [6, 6.07) is 3.29. The molecule has 1 amide bonds. The standard InChI is InChI=1S/C13H16N2O6/c1-8-7-21-10(6-16)5-14(8)13(18)9-2-3-11(15(19)20)12(17)4-9/h2-4,8,10,16-17H,5-7H2,1H3. The van der Waals surface area contributed by atoms with E-state index in [0.29, 0.717) is 6.61 Å². The summed E-state index contributed by atoms with van der Waals surface area (Å²) >= 11 is 0. The number of nitro groups is 1. The van der Waals surface area contributed by atoms with Gasteiger partial charge in [-0.15, -0.1) is 0 Å². The first-order valence-electron chi connectivity index (χ1n) is 6.45. The molecule has 0 saturated carbocycles. The Morgan fingerprint density at radius 3 is 2.86 bits per heavy atom. The molecule has 1 aliphatic rings. The summed E-state index contributed by atoms with van der Waals surface area (Å²) in [4.78, 5) is 23.9. The lowest BCUT2D eigenvalue weighted by molar-refractivity contribution is -0.385. The second-order valence-corrected chi connectivity index (χ2v) is 4.91. The number of phenolic OH excluding ortho intramolecular Hbond substituents is 1. The number of rotatable bonds is 3. The summed E-state index contributed by atoms with van der Waals surface area (Å²) in [6.07, 6.45) is -0.447. The van der Waals surface area contributed by atoms with Crippen molar-refractivity contribution >= 4 is 11.6 Å². The average Bonchev–Trinajstić information content (AvgIpc) is 2.46. The molecule has 1 aromatic carbocycles. The van der Waals surface area contributed by atoms with Crippen LogP contribution < -0.4 is 0 Å². The van der Waals surface area contributed by atoms with Crippen molar-refractivity contribution in [1.29, 1.82) is 0 Å². The number of aliphatic hydroxyl groups is 1. The molecule has 0 spiro atoms. The molecule has 1 fully saturated rings. The molecule has 114 valence electrons. The molecule has 1 saturated heterocycles. The molecule has 2 unspecified atom stereocenters. The molecule has 1 heterocycles. The van der Waals surface area contributed by atoms with E-state index in [-0.39, 0.29) is 30.7 Å². The predicted molar refractivity (Wildman–Crippen MR) is 72.1 cm³/mol. The Bertz CT molecular complexity index is 562. The van der Waals surface area contributed by atoms with Crippen molar-refractivity contribution in [2.24, 2.45) is 0 Å². The number of carbonyl (C=O) groups excluding carboxylic acids is 1. The summed E-state index contributed by atoms with van der Waals surface area (Å²) in [6.45, 7) is 2.14. The number of carbonyl (C=O) groups is 1. The fraction of sp³-hybridized carbons (Fsp3) is 0.462. The van der Waals surface area contributed by atoms with Gasteiger partial charge in [0, 0.05) is 18.2 Å². The molecule has 1 aliphatic heterocycles. The number of morpholine rings is 1. The molecular formula is C13H16N2O6. The van der Waals surface area contributed by atoms with Gasteiger partial charge in [0.2, 0.25) is 0 Å². The first kappa shape index (κ1) is 15.2. The fourth-order valence-corrected chi connectivity index (χ4v) is 2.19. The molecule has 0 aliphatic carbocycles. The van der Waals surface area contributed by atoms with Gasteiger partial charge < -0.3 is 19.8 Å². The van der Waals surface area contributed by atoms with Gasteiger partial charge in [-0.25, -0.2) is 0 Å². The van der Waals surface area contributed by atoms with Crippen LogP contribution in [-0.2, 0) is 4.74 Å². The van der Waals surface area contributed by atoms with E-state index in [0.717, 1.165) is 12.1 Å². The Hall–Kier alpha value is -2.19. The number of nitro benzene ring substituents is 1. The topological polar surface area (TPSA) is 113 Å². The van der Waals surface area contributed by atoms with Crippen molar-refractivity contribution in [3.8, 4) is 5.75 Å². The summed E-state index contributed by atoms with van der Waals surface area (Å²) in [5.74, 6) is -0.917. The predicted octanol–water partition coefficient (Wildman–Crippen LogP) is 0.522. The van der Waals surface area contributed by atoms with Crippen LogP contribution in [0.5, 0.6) is 5.75 Å². The van der Waals surface area contributed by atoms with Crippen molar-refractivity contribution in [2.75, 3.05) is 19.8 Å². The first-order valence-corrected chi connectivity index (χ1v) is 6.45. The van der Waals surface area contributed by atoms with Crippen LogP contribution in [0.15, 0.2) is 18.2 Å². The van der Waals surface area contributed by atoms with Gasteiger partial charge in [0.05, 0.1) is 30.3 Å². The van der Waals surface area contributed by atoms with E-state index in [1.807, 2.05) is 0 Å². The van der Waals surface area contributed by atoms with Crippen LogP contribution in [0, 0.1) is 10.1 Å². The van der Waals surface area contributed by atoms with Crippen LogP contribution >= 0.6 is 0 Å². The van der Waals surface area contributed by atoms with E-state index in [1.165, 1.54) is 11.0 Å². The summed E-state index contributed by atoms with van der Waals surface area (Å²) in [5.41, 5.74) is -0.293. The van der Waals surface area contributed by atoms with E-state index in [2.05, 4.69) is 0 Å². The van der Waals surface area contributed by atoms with Crippen molar-refractivity contribution in [3.05, 3.63) is 33.9 Å². The Morgan fingerprint density at radius 1 is 1.57 bits per heavy atom. The molecule has 2 atom stereocenters. The lowest BCUT2D eigenvalue weighted by Gasteiger charge is -2.37. The van der Waals surface area contributed by atoms with Gasteiger partial charge in [-0.3, -0.25) is 14.9 Å². The Kier molecular flexibility index (Phi) is 4.39. The third-order valence-corrected chi connectivity index (χ3v) is 3.39. The van der Waals surface area contributed by atoms with Gasteiger partial charge in [-0.1, -0.05) is 0 Å². The molecule has 0 bridgehead atoms. The molecule has 8 nitrogen and oxygen atoms in total. The number of amides is 1. The van der Waals surface area contributed by atoms with Crippen molar-refractivity contribution < 1.29 is 24.7 Å². The first-order chi connectivity index (χ1) is 9.93. The summed E-state index contributed by atoms with van der Waals surface area (Å²) in [7, 11) is 0. The summed E-state index contributed by atoms with van der Waals surface area (Å²) in [5, 5.41) is 29.4. The minimum absolute atomic E-state index is 0.156. The molecule has 0 radical (unpaired) electrons. The number of ether oxygens (including phenoxy) is 1. The van der Waals surface area contributed by atoms with Crippen molar-refractivity contribution in [3.63, 3.8) is 0 Å². The van der Waals surface area contributed by atoms with E-state index in [9.17, 15) is 20.0 Å². The SMILES string of the molecule is CC1COC(CO)CN1C(=O)c1ccc([N+](=O)[O-])c(O)c1. The monoisotopic (exact) mass is 296 g/mol. The third-order valence-electron chi connectivity index (χ3n) is 3.39. The van der Waals surface area contributed by atoms with Gasteiger partial charge in [-0.05, 0) is 19.1 Å². The van der Waals surface area contributed by atoms with Gasteiger partial charge in [0.25, 0.3) is 5.91 Å². The third kappa shape index (κ3) is 3.11. The Balaban J connectivity index is 2.22. The number of phenols is 1. The highest BCUT2D eigenvalue weighted by Crippen LogP contribution is 2.27. The fourth-order valence-electron chi connectivity index (χ4n) is 2.19. The maximum atomic E-state index is 12.4. The highest BCUT2D eigenvalue weighted by atomic mass is 16.6. The van der Waals surface area contributed by atoms with Crippen LogP contribution in [0.1, 0.15) is 17.3 Å². The molecule has 21 heavy (non-hydrogen) atoms. The second-order valence-electron chi connectivity index (χ2n) is 4.91. The van der Waals surface area contributed by atoms with Crippen LogP contribution in [0.3, 0.4) is 0 Å². The lowest BCUT2D eigenvalue weighted by atomic mass is 10.1. The van der Waals surface area contributed by atoms with Crippen molar-refractivity contribution in [1.82, 2.24) is 4.90 Å². The molecule has 2 N–H and O–H groups in total. The number of hydrogen-bond acceptors (Lipinski definition) is 6. The van der Waals surface area contributed by atoms with Crippen LogP contribution in [-0.4, -0.2) is 57.8 Å². The smallest absolute Gasteiger partial charge is 0.310 e. The van der Waals surface area contributed by atoms with E-state index in [1.54, 1.807) is 6.92 Å². The van der Waals surface area contributed by atoms with Gasteiger partial charge >= 0.3 is 5.69 Å². The Morgan fingerprint density at radius 2 is 2.29 bits per heavy atom. The van der Waals surface area contributed by atoms with E-state index >= 15 is 0 Å². The van der Waals surface area contributed by atoms with E-state index in [4.69, 9.17) is 9.84 Å². The molecule has 2 rings (SSSR count). The molecule has 8 heteroatoms. The Labute approximate surface area is 120 Å². The van der Waals surface area contributed by atoms with Crippen LogP contribution in [0.2, 0.25) is 0 Å². The van der Waals surface area contributed by atoms with Crippen LogP contribution in [0.25, 0.3) is 0 Å². The van der Waals surface area contributed by atoms with E-state index < -0.39 is 22.5 Å². The van der Waals surface area contributed by atoms with Crippen LogP contribution in [0.4, 0.5) is 5.69 Å². The minimum atomic E-state index is -0.720. The molecule has 0 aromatic heterocycles. The maximum absolute atomic E-state index is 12.4. The highest BCUT2D eigenvalue weighted by molar-refractivity contribution is 5.95. The number of benzene rings is 1. The van der Waals surface area contributed by atoms with Gasteiger partial charge in [0.1, 0.15) is 0 Å². The average molecular weight is 296 g/mol. The lowest BCUT2D eigenvalue weighted by Crippen LogP contribution is -2.52. The molecule has 1 aromatic rings. The quantitative estimate of drug-likeness (QED) is 0.621. The zero-order valence-corrected chi connectivity index (χ0v) is 11.4. The van der Waals surface area contributed by atoms with Gasteiger partial charge in [0.15, 0.2) is 5.75 Å². The maximum Gasteiger partial charge on any atom is 0.310 e. The largest absolute Gasteiger partial charge is 0.502 e. The number of aromatic hydroxyl groups is 1. The zero-order valence-electron chi connectivity index (χ0n) is 11.4. The second kappa shape index (κ2) is 6.06.